The summed E-state index contributed by atoms with van der Waals surface area (Å²) in [6.45, 7) is 3.60. The van der Waals surface area contributed by atoms with Crippen LogP contribution in [0.4, 0.5) is 19.1 Å². The molecule has 150 valence electrons. The van der Waals surface area contributed by atoms with E-state index >= 15 is 0 Å². The average molecular weight is 414 g/mol. The molecule has 2 fully saturated rings. The van der Waals surface area contributed by atoms with Crippen molar-refractivity contribution < 1.29 is 27.9 Å². The molecule has 28 heavy (non-hydrogen) atoms. The molecule has 0 spiro atoms. The van der Waals surface area contributed by atoms with Gasteiger partial charge in [0.05, 0.1) is 4.88 Å². The molecular formula is C17H17F3N4O3S. The van der Waals surface area contributed by atoms with Crippen LogP contribution in [0.2, 0.25) is 0 Å². The van der Waals surface area contributed by atoms with Gasteiger partial charge in [0.1, 0.15) is 0 Å². The molecule has 7 nitrogen and oxygen atoms in total. The Balaban J connectivity index is 0.000000279. The molecule has 2 aliphatic heterocycles. The van der Waals surface area contributed by atoms with Crippen molar-refractivity contribution >= 4 is 29.2 Å². The van der Waals surface area contributed by atoms with Crippen molar-refractivity contribution in [2.45, 2.75) is 6.18 Å². The SMILES string of the molecule is O=C(O)C(F)(F)F.O=C(c1cccs1)N1CC2CN(c3ncccn3)CC2C1. The van der Waals surface area contributed by atoms with Crippen molar-refractivity contribution in [3.8, 4) is 0 Å². The standard InChI is InChI=1S/C15H16N4OS.C2HF3O2/c20-14(13-3-1-6-21-13)18-7-11-9-19(10-12(11)8-18)15-16-4-2-5-17-15;3-2(4,5)1(6)7/h1-6,11-12H,7-10H2;(H,6,7). The Morgan fingerprint density at radius 2 is 1.64 bits per heavy atom. The van der Waals surface area contributed by atoms with Crippen LogP contribution >= 0.6 is 11.3 Å². The van der Waals surface area contributed by atoms with Gasteiger partial charge in [0.25, 0.3) is 5.91 Å². The highest BCUT2D eigenvalue weighted by atomic mass is 32.1. The molecule has 2 saturated heterocycles. The first-order chi connectivity index (χ1) is 13.3. The minimum absolute atomic E-state index is 0.182. The van der Waals surface area contributed by atoms with E-state index in [2.05, 4.69) is 14.9 Å². The Morgan fingerprint density at radius 1 is 1.07 bits per heavy atom. The van der Waals surface area contributed by atoms with Crippen molar-refractivity contribution in [1.82, 2.24) is 14.9 Å². The number of amides is 1. The minimum atomic E-state index is -5.08. The normalized spacial score (nSPS) is 21.1. The number of alkyl halides is 3. The predicted molar refractivity (Wildman–Crippen MR) is 95.1 cm³/mol. The molecule has 2 aromatic rings. The van der Waals surface area contributed by atoms with E-state index in [-0.39, 0.29) is 5.91 Å². The van der Waals surface area contributed by atoms with Crippen molar-refractivity contribution in [2.75, 3.05) is 31.1 Å². The van der Waals surface area contributed by atoms with Gasteiger partial charge in [-0.3, -0.25) is 4.79 Å². The Bertz CT molecular complexity index is 803. The number of carboxylic acid groups (broad SMARTS) is 1. The van der Waals surface area contributed by atoms with Gasteiger partial charge >= 0.3 is 12.1 Å². The number of aromatic nitrogens is 2. The fourth-order valence-electron chi connectivity index (χ4n) is 3.33. The Hall–Kier alpha value is -2.69. The summed E-state index contributed by atoms with van der Waals surface area (Å²) in [6.07, 6.45) is -1.52. The molecule has 0 bridgehead atoms. The first kappa shape index (κ1) is 20.1. The molecule has 0 aromatic carbocycles. The number of halogens is 3. The lowest BCUT2D eigenvalue weighted by molar-refractivity contribution is -0.192. The van der Waals surface area contributed by atoms with Crippen LogP contribution in [0.15, 0.2) is 36.0 Å². The topological polar surface area (TPSA) is 86.6 Å². The van der Waals surface area contributed by atoms with E-state index in [9.17, 15) is 18.0 Å². The van der Waals surface area contributed by atoms with Gasteiger partial charge < -0.3 is 14.9 Å². The van der Waals surface area contributed by atoms with Crippen LogP contribution < -0.4 is 4.90 Å². The number of anilines is 1. The number of hydrogen-bond acceptors (Lipinski definition) is 6. The number of nitrogens with zero attached hydrogens (tertiary/aromatic N) is 4. The summed E-state index contributed by atoms with van der Waals surface area (Å²) < 4.78 is 31.7. The van der Waals surface area contributed by atoms with E-state index in [1.165, 1.54) is 11.3 Å². The van der Waals surface area contributed by atoms with Crippen LogP contribution in [0.1, 0.15) is 9.67 Å². The molecule has 2 atom stereocenters. The molecular weight excluding hydrogens is 397 g/mol. The number of aliphatic carboxylic acids is 1. The van der Waals surface area contributed by atoms with Crippen LogP contribution in [0.3, 0.4) is 0 Å². The molecule has 2 aromatic heterocycles. The molecule has 0 radical (unpaired) electrons. The monoisotopic (exact) mass is 414 g/mol. The Morgan fingerprint density at radius 3 is 2.11 bits per heavy atom. The quantitative estimate of drug-likeness (QED) is 0.812. The van der Waals surface area contributed by atoms with Gasteiger partial charge in [-0.05, 0) is 17.5 Å². The number of carboxylic acids is 1. The fraction of sp³-hybridized carbons (Fsp3) is 0.412. The molecule has 4 rings (SSSR count). The second-order valence-electron chi connectivity index (χ2n) is 6.46. The number of hydrogen-bond donors (Lipinski definition) is 1. The van der Waals surface area contributed by atoms with Crippen LogP contribution in [0.25, 0.3) is 0 Å². The summed E-state index contributed by atoms with van der Waals surface area (Å²) in [5.74, 6) is -0.687. The molecule has 11 heteroatoms. The highest BCUT2D eigenvalue weighted by Crippen LogP contribution is 2.33. The van der Waals surface area contributed by atoms with Gasteiger partial charge in [-0.15, -0.1) is 11.3 Å². The molecule has 0 saturated carbocycles. The maximum Gasteiger partial charge on any atom is 0.490 e. The largest absolute Gasteiger partial charge is 0.490 e. The van der Waals surface area contributed by atoms with Crippen molar-refractivity contribution in [3.63, 3.8) is 0 Å². The predicted octanol–water partition coefficient (Wildman–Crippen LogP) is 2.38. The lowest BCUT2D eigenvalue weighted by Crippen LogP contribution is -2.33. The summed E-state index contributed by atoms with van der Waals surface area (Å²) in [5.41, 5.74) is 0. The minimum Gasteiger partial charge on any atom is -0.475 e. The zero-order chi connectivity index (χ0) is 20.3. The number of carbonyl (C=O) groups excluding carboxylic acids is 1. The molecule has 4 heterocycles. The van der Waals surface area contributed by atoms with Crippen LogP contribution in [-0.2, 0) is 4.79 Å². The van der Waals surface area contributed by atoms with Gasteiger partial charge in [-0.25, -0.2) is 14.8 Å². The Kier molecular flexibility index (Phi) is 5.82. The number of carbonyl (C=O) groups is 2. The van der Waals surface area contributed by atoms with Crippen LogP contribution in [-0.4, -0.2) is 64.2 Å². The Labute approximate surface area is 162 Å². The van der Waals surface area contributed by atoms with Gasteiger partial charge in [0, 0.05) is 50.4 Å². The first-order valence-electron chi connectivity index (χ1n) is 8.40. The van der Waals surface area contributed by atoms with Crippen molar-refractivity contribution in [3.05, 3.63) is 40.8 Å². The lowest BCUT2D eigenvalue weighted by Gasteiger charge is -2.21. The van der Waals surface area contributed by atoms with Crippen molar-refractivity contribution in [1.29, 1.82) is 0 Å². The zero-order valence-electron chi connectivity index (χ0n) is 14.5. The third kappa shape index (κ3) is 4.58. The van der Waals surface area contributed by atoms with E-state index < -0.39 is 12.1 Å². The smallest absolute Gasteiger partial charge is 0.475 e. The zero-order valence-corrected chi connectivity index (χ0v) is 15.4. The van der Waals surface area contributed by atoms with E-state index in [0.717, 1.165) is 37.0 Å². The van der Waals surface area contributed by atoms with E-state index in [0.29, 0.717) is 11.8 Å². The lowest BCUT2D eigenvalue weighted by atomic mass is 10.0. The van der Waals surface area contributed by atoms with Crippen LogP contribution in [0.5, 0.6) is 0 Å². The molecule has 0 aliphatic carbocycles. The number of thiophene rings is 1. The third-order valence-electron chi connectivity index (χ3n) is 4.58. The van der Waals surface area contributed by atoms with Gasteiger partial charge in [0.2, 0.25) is 5.95 Å². The highest BCUT2D eigenvalue weighted by Gasteiger charge is 2.42. The van der Waals surface area contributed by atoms with E-state index in [4.69, 9.17) is 9.90 Å². The summed E-state index contributed by atoms with van der Waals surface area (Å²) in [6, 6.07) is 5.68. The van der Waals surface area contributed by atoms with E-state index in [1.807, 2.05) is 28.5 Å². The van der Waals surface area contributed by atoms with Crippen molar-refractivity contribution in [2.24, 2.45) is 11.8 Å². The number of fused-ring (bicyclic) bond motifs is 1. The highest BCUT2D eigenvalue weighted by molar-refractivity contribution is 7.12. The maximum atomic E-state index is 12.4. The number of likely N-dealkylation sites (tertiary alicyclic amines) is 1. The van der Waals surface area contributed by atoms with Gasteiger partial charge in [-0.2, -0.15) is 13.2 Å². The fourth-order valence-corrected chi connectivity index (χ4v) is 4.02. The summed E-state index contributed by atoms with van der Waals surface area (Å²) >= 11 is 1.52. The average Bonchev–Trinajstić information content (AvgIpc) is 3.37. The third-order valence-corrected chi connectivity index (χ3v) is 5.44. The second kappa shape index (κ2) is 8.13. The maximum absolute atomic E-state index is 12.4. The molecule has 2 aliphatic rings. The summed E-state index contributed by atoms with van der Waals surface area (Å²) in [4.78, 5) is 35.0. The van der Waals surface area contributed by atoms with Gasteiger partial charge in [0.15, 0.2) is 0 Å². The first-order valence-corrected chi connectivity index (χ1v) is 9.28. The molecule has 1 N–H and O–H groups in total. The van der Waals surface area contributed by atoms with Crippen LogP contribution in [0, 0.1) is 11.8 Å². The molecule has 1 amide bonds. The second-order valence-corrected chi connectivity index (χ2v) is 7.41. The summed E-state index contributed by atoms with van der Waals surface area (Å²) in [5, 5.41) is 9.08. The van der Waals surface area contributed by atoms with E-state index in [1.54, 1.807) is 12.4 Å². The van der Waals surface area contributed by atoms with Gasteiger partial charge in [-0.1, -0.05) is 6.07 Å². The number of rotatable bonds is 2. The summed E-state index contributed by atoms with van der Waals surface area (Å²) in [7, 11) is 0. The molecule has 2 unspecified atom stereocenters.